The van der Waals surface area contributed by atoms with E-state index in [-0.39, 0.29) is 23.6 Å². The third kappa shape index (κ3) is 5.39. The lowest BCUT2D eigenvalue weighted by Gasteiger charge is -2.14. The second-order valence-electron chi connectivity index (χ2n) is 4.08. The van der Waals surface area contributed by atoms with Crippen molar-refractivity contribution in [1.82, 2.24) is 4.90 Å². The van der Waals surface area contributed by atoms with Crippen LogP contribution in [0.5, 0.6) is 0 Å². The fraction of sp³-hybridized carbons (Fsp3) is 0.500. The Hall–Kier alpha value is -0.780. The molecule has 4 nitrogen and oxygen atoms in total. The first kappa shape index (κ1) is 16.2. The number of benzene rings is 1. The smallest absolute Gasteiger partial charge is 0.0583 e. The van der Waals surface area contributed by atoms with Crippen LogP contribution < -0.4 is 11.1 Å². The Morgan fingerprint density at radius 1 is 1.35 bits per heavy atom. The molecule has 0 radical (unpaired) electrons. The molecular weight excluding hydrogens is 282 g/mol. The molecule has 5 heteroatoms. The Morgan fingerprint density at radius 2 is 2.06 bits per heavy atom. The van der Waals surface area contributed by atoms with E-state index >= 15 is 0 Å². The van der Waals surface area contributed by atoms with Gasteiger partial charge in [-0.05, 0) is 32.1 Å². The Bertz CT molecular complexity index is 332. The number of hydrogen-bond acceptors (Lipinski definition) is 4. The largest absolute Gasteiger partial charge is 0.397 e. The molecule has 0 saturated heterocycles. The number of para-hydroxylation sites is 1. The summed E-state index contributed by atoms with van der Waals surface area (Å²) in [7, 11) is 4.07. The Labute approximate surface area is 114 Å². The van der Waals surface area contributed by atoms with Gasteiger partial charge in [-0.3, -0.25) is 0 Å². The Morgan fingerprint density at radius 3 is 2.65 bits per heavy atom. The van der Waals surface area contributed by atoms with Crippen molar-refractivity contribution < 1.29 is 5.11 Å². The third-order valence-electron chi connectivity index (χ3n) is 2.45. The number of aliphatic hydroxyl groups excluding tert-OH is 1. The Balaban J connectivity index is 0.00000256. The number of nitrogens with zero attached hydrogens (tertiary/aromatic N) is 1. The summed E-state index contributed by atoms with van der Waals surface area (Å²) in [6.07, 6.45) is 0.606. The number of halogens is 1. The molecule has 0 unspecified atom stereocenters. The second kappa shape index (κ2) is 8.33. The number of nitrogens with two attached hydrogens (primary N) is 1. The maximum atomic E-state index is 8.90. The van der Waals surface area contributed by atoms with Gasteiger partial charge in [-0.2, -0.15) is 0 Å². The SMILES string of the molecule is Br.CN(C)CCNc1cccc(CCO)c1N. The molecule has 0 aliphatic rings. The van der Waals surface area contributed by atoms with Crippen LogP contribution in [0, 0.1) is 0 Å². The average molecular weight is 304 g/mol. The second-order valence-corrected chi connectivity index (χ2v) is 4.08. The van der Waals surface area contributed by atoms with Crippen LogP contribution in [0.4, 0.5) is 11.4 Å². The summed E-state index contributed by atoms with van der Waals surface area (Å²) >= 11 is 0. The fourth-order valence-corrected chi connectivity index (χ4v) is 1.52. The van der Waals surface area contributed by atoms with Gasteiger partial charge in [-0.15, -0.1) is 17.0 Å². The molecule has 0 spiro atoms. The highest BCUT2D eigenvalue weighted by molar-refractivity contribution is 8.93. The lowest BCUT2D eigenvalue weighted by molar-refractivity contribution is 0.300. The van der Waals surface area contributed by atoms with E-state index in [1.54, 1.807) is 0 Å². The zero-order valence-corrected chi connectivity index (χ0v) is 12.2. The van der Waals surface area contributed by atoms with E-state index in [4.69, 9.17) is 10.8 Å². The monoisotopic (exact) mass is 303 g/mol. The summed E-state index contributed by atoms with van der Waals surface area (Å²) < 4.78 is 0. The van der Waals surface area contributed by atoms with E-state index in [1.165, 1.54) is 0 Å². The van der Waals surface area contributed by atoms with E-state index < -0.39 is 0 Å². The molecule has 0 atom stereocenters. The van der Waals surface area contributed by atoms with Crippen molar-refractivity contribution in [3.63, 3.8) is 0 Å². The molecule has 0 amide bonds. The van der Waals surface area contributed by atoms with Crippen molar-refractivity contribution in [3.05, 3.63) is 23.8 Å². The molecule has 4 N–H and O–H groups in total. The minimum atomic E-state index is 0. The molecule has 0 bridgehead atoms. The molecule has 0 heterocycles. The van der Waals surface area contributed by atoms with Crippen LogP contribution in [-0.4, -0.2) is 43.8 Å². The highest BCUT2D eigenvalue weighted by Gasteiger charge is 2.03. The van der Waals surface area contributed by atoms with Gasteiger partial charge in [0.15, 0.2) is 0 Å². The summed E-state index contributed by atoms with van der Waals surface area (Å²) in [5.74, 6) is 0. The van der Waals surface area contributed by atoms with Gasteiger partial charge in [0.1, 0.15) is 0 Å². The van der Waals surface area contributed by atoms with Crippen molar-refractivity contribution >= 4 is 28.4 Å². The topological polar surface area (TPSA) is 61.5 Å². The first-order chi connectivity index (χ1) is 7.65. The summed E-state index contributed by atoms with van der Waals surface area (Å²) in [5, 5.41) is 12.2. The maximum absolute atomic E-state index is 8.90. The normalized spacial score (nSPS) is 10.1. The molecule has 0 fully saturated rings. The van der Waals surface area contributed by atoms with Crippen LogP contribution >= 0.6 is 17.0 Å². The maximum Gasteiger partial charge on any atom is 0.0583 e. The van der Waals surface area contributed by atoms with Crippen molar-refractivity contribution in [1.29, 1.82) is 0 Å². The standard InChI is InChI=1S/C12H21N3O.BrH/c1-15(2)8-7-14-11-5-3-4-10(6-9-16)12(11)13;/h3-5,14,16H,6-9,13H2,1-2H3;1H. The minimum absolute atomic E-state index is 0. The molecule has 0 aromatic heterocycles. The van der Waals surface area contributed by atoms with Crippen LogP contribution in [0.15, 0.2) is 18.2 Å². The third-order valence-corrected chi connectivity index (χ3v) is 2.45. The van der Waals surface area contributed by atoms with Gasteiger partial charge in [0.25, 0.3) is 0 Å². The van der Waals surface area contributed by atoms with Gasteiger partial charge >= 0.3 is 0 Å². The van der Waals surface area contributed by atoms with Gasteiger partial charge < -0.3 is 21.1 Å². The number of nitrogen functional groups attached to an aromatic ring is 1. The summed E-state index contributed by atoms with van der Waals surface area (Å²) in [6, 6.07) is 5.87. The number of aliphatic hydroxyl groups is 1. The number of rotatable bonds is 6. The van der Waals surface area contributed by atoms with Gasteiger partial charge in [0.2, 0.25) is 0 Å². The highest BCUT2D eigenvalue weighted by Crippen LogP contribution is 2.22. The van der Waals surface area contributed by atoms with E-state index in [2.05, 4.69) is 10.2 Å². The molecule has 17 heavy (non-hydrogen) atoms. The zero-order chi connectivity index (χ0) is 12.0. The molecule has 1 aromatic rings. The fourth-order valence-electron chi connectivity index (χ4n) is 1.52. The molecule has 0 saturated carbocycles. The predicted molar refractivity (Wildman–Crippen MR) is 79.0 cm³/mol. The van der Waals surface area contributed by atoms with E-state index in [9.17, 15) is 0 Å². The number of nitrogens with one attached hydrogen (secondary N) is 1. The first-order valence-corrected chi connectivity index (χ1v) is 5.52. The predicted octanol–water partition coefficient (Wildman–Crippen LogP) is 1.35. The van der Waals surface area contributed by atoms with Crippen LogP contribution in [0.2, 0.25) is 0 Å². The van der Waals surface area contributed by atoms with Gasteiger partial charge in [-0.25, -0.2) is 0 Å². The molecule has 0 aliphatic heterocycles. The van der Waals surface area contributed by atoms with Crippen molar-refractivity contribution in [2.75, 3.05) is 44.8 Å². The summed E-state index contributed by atoms with van der Waals surface area (Å²) in [6.45, 7) is 1.95. The summed E-state index contributed by atoms with van der Waals surface area (Å²) in [4.78, 5) is 2.11. The van der Waals surface area contributed by atoms with Crippen LogP contribution in [0.3, 0.4) is 0 Å². The van der Waals surface area contributed by atoms with E-state index in [0.717, 1.165) is 30.0 Å². The van der Waals surface area contributed by atoms with Crippen molar-refractivity contribution in [2.45, 2.75) is 6.42 Å². The highest BCUT2D eigenvalue weighted by atomic mass is 79.9. The molecule has 1 rings (SSSR count). The minimum Gasteiger partial charge on any atom is -0.397 e. The molecule has 98 valence electrons. The lowest BCUT2D eigenvalue weighted by atomic mass is 10.1. The average Bonchev–Trinajstić information content (AvgIpc) is 2.23. The van der Waals surface area contributed by atoms with Crippen LogP contribution in [0.25, 0.3) is 0 Å². The molecule has 1 aromatic carbocycles. The Kier molecular flexibility index (Phi) is 7.95. The summed E-state index contributed by atoms with van der Waals surface area (Å²) in [5.41, 5.74) is 8.69. The van der Waals surface area contributed by atoms with E-state index in [1.807, 2.05) is 32.3 Å². The van der Waals surface area contributed by atoms with Gasteiger partial charge in [0, 0.05) is 19.7 Å². The van der Waals surface area contributed by atoms with E-state index in [0.29, 0.717) is 6.42 Å². The number of likely N-dealkylation sites (N-methyl/N-ethyl adjacent to an activating group) is 1. The van der Waals surface area contributed by atoms with Crippen molar-refractivity contribution in [2.24, 2.45) is 0 Å². The first-order valence-electron chi connectivity index (χ1n) is 5.52. The van der Waals surface area contributed by atoms with Crippen LogP contribution in [-0.2, 0) is 6.42 Å². The molecular formula is C12H22BrN3O. The van der Waals surface area contributed by atoms with Gasteiger partial charge in [-0.1, -0.05) is 12.1 Å². The number of anilines is 2. The number of hydrogen-bond donors (Lipinski definition) is 3. The van der Waals surface area contributed by atoms with Gasteiger partial charge in [0.05, 0.1) is 11.4 Å². The van der Waals surface area contributed by atoms with Crippen molar-refractivity contribution in [3.8, 4) is 0 Å². The quantitative estimate of drug-likeness (QED) is 0.695. The zero-order valence-electron chi connectivity index (χ0n) is 10.4. The molecule has 0 aliphatic carbocycles. The lowest BCUT2D eigenvalue weighted by Crippen LogP contribution is -2.21. The van der Waals surface area contributed by atoms with Crippen LogP contribution in [0.1, 0.15) is 5.56 Å².